The Labute approximate surface area is 180 Å². The van der Waals surface area contributed by atoms with Crippen LogP contribution in [0.3, 0.4) is 0 Å². The summed E-state index contributed by atoms with van der Waals surface area (Å²) >= 11 is 13.8. The number of benzene rings is 2. The average Bonchev–Trinajstić information content (AvgIpc) is 3.08. The minimum absolute atomic E-state index is 0.427. The molecule has 0 spiro atoms. The largest absolute Gasteiger partial charge is 0.0837 e. The van der Waals surface area contributed by atoms with Crippen LogP contribution in [-0.4, -0.2) is 8.07 Å². The summed E-state index contributed by atoms with van der Waals surface area (Å²) in [6, 6.07) is 14.5. The molecule has 0 aromatic heterocycles. The predicted molar refractivity (Wildman–Crippen MR) is 127 cm³/mol. The van der Waals surface area contributed by atoms with E-state index in [1.807, 2.05) is 0 Å². The molecule has 2 unspecified atom stereocenters. The fraction of sp³-hybridized carbons (Fsp3) is 0.360. The molecule has 0 heterocycles. The van der Waals surface area contributed by atoms with Crippen LogP contribution in [0.4, 0.5) is 0 Å². The lowest BCUT2D eigenvalue weighted by atomic mass is 10.0. The smallest absolute Gasteiger partial charge is 0.0750 e. The van der Waals surface area contributed by atoms with E-state index in [1.54, 1.807) is 0 Å². The van der Waals surface area contributed by atoms with E-state index >= 15 is 0 Å². The minimum Gasteiger partial charge on any atom is -0.0837 e. The van der Waals surface area contributed by atoms with Crippen molar-refractivity contribution in [3.63, 3.8) is 0 Å². The van der Waals surface area contributed by atoms with Crippen molar-refractivity contribution in [3.8, 4) is 0 Å². The first kappa shape index (κ1) is 20.0. The molecule has 3 heteroatoms. The number of allylic oxidation sites excluding steroid dienone is 2. The van der Waals surface area contributed by atoms with Crippen LogP contribution in [0, 0.1) is 13.8 Å². The van der Waals surface area contributed by atoms with Crippen molar-refractivity contribution in [2.24, 2.45) is 0 Å². The number of rotatable bonds is 3. The lowest BCUT2D eigenvalue weighted by molar-refractivity contribution is 0.940. The molecule has 0 nitrogen and oxygen atoms in total. The Morgan fingerprint density at radius 3 is 1.50 bits per heavy atom. The summed E-state index contributed by atoms with van der Waals surface area (Å²) in [5.41, 5.74) is 11.5. The highest BCUT2D eigenvalue weighted by molar-refractivity contribution is 6.83. The molecule has 4 rings (SSSR count). The standard InChI is InChI=1S/C25H28Cl2Si/c1-7-28(6,24-16(4)22(26)20-14(2)10-8-12-18(20)24)25-17(5)23(27)21-15(3)11-9-13-19(21)25/h8-13,24-25H,7H2,1-6H3. The monoisotopic (exact) mass is 426 g/mol. The maximum absolute atomic E-state index is 6.92. The molecule has 2 atom stereocenters. The van der Waals surface area contributed by atoms with E-state index < -0.39 is 8.07 Å². The van der Waals surface area contributed by atoms with Gasteiger partial charge in [-0.3, -0.25) is 0 Å². The Morgan fingerprint density at radius 2 is 1.14 bits per heavy atom. The van der Waals surface area contributed by atoms with Gasteiger partial charge in [-0.2, -0.15) is 0 Å². The van der Waals surface area contributed by atoms with Crippen LogP contribution in [0.25, 0.3) is 10.1 Å². The molecule has 0 N–H and O–H groups in total. The van der Waals surface area contributed by atoms with Crippen molar-refractivity contribution in [3.05, 3.63) is 80.9 Å². The van der Waals surface area contributed by atoms with Gasteiger partial charge < -0.3 is 0 Å². The Morgan fingerprint density at radius 1 is 0.750 bits per heavy atom. The van der Waals surface area contributed by atoms with Gasteiger partial charge in [0, 0.05) is 21.1 Å². The van der Waals surface area contributed by atoms with Crippen LogP contribution in [0.2, 0.25) is 12.6 Å². The van der Waals surface area contributed by atoms with Gasteiger partial charge in [-0.05, 0) is 72.2 Å². The number of halogens is 2. The fourth-order valence-electron chi connectivity index (χ4n) is 5.85. The third-order valence-corrected chi connectivity index (χ3v) is 13.9. The van der Waals surface area contributed by atoms with Crippen molar-refractivity contribution in [2.75, 3.05) is 0 Å². The van der Waals surface area contributed by atoms with Gasteiger partial charge in [0.15, 0.2) is 0 Å². The summed E-state index contributed by atoms with van der Waals surface area (Å²) in [5, 5.41) is 1.95. The predicted octanol–water partition coefficient (Wildman–Crippen LogP) is 8.31. The van der Waals surface area contributed by atoms with Crippen molar-refractivity contribution >= 4 is 41.3 Å². The van der Waals surface area contributed by atoms with E-state index in [9.17, 15) is 0 Å². The van der Waals surface area contributed by atoms with Crippen molar-refractivity contribution in [2.45, 2.75) is 58.3 Å². The lowest BCUT2D eigenvalue weighted by Crippen LogP contribution is -2.44. The molecule has 0 saturated heterocycles. The first-order chi connectivity index (χ1) is 13.2. The molecule has 2 aromatic rings. The van der Waals surface area contributed by atoms with Crippen LogP contribution in [0.15, 0.2) is 47.5 Å². The third kappa shape index (κ3) is 2.56. The Kier molecular flexibility index (Phi) is 4.93. The second kappa shape index (κ2) is 6.90. The van der Waals surface area contributed by atoms with Crippen LogP contribution in [0.1, 0.15) is 65.2 Å². The van der Waals surface area contributed by atoms with Gasteiger partial charge in [0.2, 0.25) is 0 Å². The van der Waals surface area contributed by atoms with Crippen molar-refractivity contribution < 1.29 is 0 Å². The van der Waals surface area contributed by atoms with Gasteiger partial charge >= 0.3 is 0 Å². The number of hydrogen-bond acceptors (Lipinski definition) is 0. The summed E-state index contributed by atoms with van der Waals surface area (Å²) in [6.45, 7) is 13.8. The van der Waals surface area contributed by atoms with Crippen LogP contribution < -0.4 is 0 Å². The number of fused-ring (bicyclic) bond motifs is 2. The molecule has 0 saturated carbocycles. The van der Waals surface area contributed by atoms with Gasteiger partial charge in [-0.1, -0.05) is 79.1 Å². The first-order valence-corrected chi connectivity index (χ1v) is 13.8. The van der Waals surface area contributed by atoms with Gasteiger partial charge in [0.25, 0.3) is 0 Å². The van der Waals surface area contributed by atoms with Gasteiger partial charge in [0.1, 0.15) is 0 Å². The second-order valence-corrected chi connectivity index (χ2v) is 14.4. The third-order valence-electron chi connectivity index (χ3n) is 7.31. The number of aryl methyl sites for hydroxylation is 2. The summed E-state index contributed by atoms with van der Waals surface area (Å²) in [5.74, 6) is 0. The van der Waals surface area contributed by atoms with E-state index in [0.717, 1.165) is 10.1 Å². The molecule has 2 aromatic carbocycles. The first-order valence-electron chi connectivity index (χ1n) is 10.2. The fourth-order valence-corrected chi connectivity index (χ4v) is 12.1. The Hall–Kier alpha value is -1.28. The summed E-state index contributed by atoms with van der Waals surface area (Å²) < 4.78 is 0. The maximum Gasteiger partial charge on any atom is 0.0750 e. The maximum atomic E-state index is 6.92. The Balaban J connectivity index is 1.96. The molecule has 0 fully saturated rings. The molecule has 146 valence electrons. The average molecular weight is 427 g/mol. The van der Waals surface area contributed by atoms with Crippen molar-refractivity contribution in [1.29, 1.82) is 0 Å². The highest BCUT2D eigenvalue weighted by Crippen LogP contribution is 2.58. The zero-order valence-electron chi connectivity index (χ0n) is 17.6. The van der Waals surface area contributed by atoms with Gasteiger partial charge in [-0.25, -0.2) is 0 Å². The topological polar surface area (TPSA) is 0 Å². The Bertz CT molecular complexity index is 965. The van der Waals surface area contributed by atoms with E-state index in [4.69, 9.17) is 23.2 Å². The highest BCUT2D eigenvalue weighted by Gasteiger charge is 2.51. The van der Waals surface area contributed by atoms with E-state index in [0.29, 0.717) is 11.1 Å². The molecule has 0 bridgehead atoms. The van der Waals surface area contributed by atoms with Crippen LogP contribution >= 0.6 is 23.2 Å². The quantitative estimate of drug-likeness (QED) is 0.432. The molecule has 0 amide bonds. The molecular weight excluding hydrogens is 399 g/mol. The van der Waals surface area contributed by atoms with E-state index in [-0.39, 0.29) is 0 Å². The van der Waals surface area contributed by atoms with E-state index in [1.165, 1.54) is 50.6 Å². The minimum atomic E-state index is -1.90. The summed E-state index contributed by atoms with van der Waals surface area (Å²) in [7, 11) is -1.90. The highest BCUT2D eigenvalue weighted by atomic mass is 35.5. The zero-order valence-corrected chi connectivity index (χ0v) is 20.1. The lowest BCUT2D eigenvalue weighted by Gasteiger charge is -2.41. The molecule has 28 heavy (non-hydrogen) atoms. The molecule has 0 radical (unpaired) electrons. The molecular formula is C25H28Cl2Si. The van der Waals surface area contributed by atoms with Crippen LogP contribution in [0.5, 0.6) is 0 Å². The van der Waals surface area contributed by atoms with Gasteiger partial charge in [0.05, 0.1) is 8.07 Å². The summed E-state index contributed by atoms with van der Waals surface area (Å²) in [4.78, 5) is 0. The van der Waals surface area contributed by atoms with Crippen molar-refractivity contribution in [1.82, 2.24) is 0 Å². The normalized spacial score (nSPS) is 23.1. The molecule has 0 aliphatic heterocycles. The SMILES string of the molecule is CC[Si](C)(C1C(C)=C(Cl)c2c(C)cccc21)C1C(C)=C(Cl)c2c(C)cccc21. The van der Waals surface area contributed by atoms with Gasteiger partial charge in [-0.15, -0.1) is 0 Å². The number of hydrogen-bond donors (Lipinski definition) is 0. The molecule has 2 aliphatic rings. The zero-order chi connectivity index (χ0) is 20.4. The van der Waals surface area contributed by atoms with E-state index in [2.05, 4.69) is 77.6 Å². The second-order valence-electron chi connectivity index (χ2n) is 8.80. The molecule has 2 aliphatic carbocycles. The summed E-state index contributed by atoms with van der Waals surface area (Å²) in [6.07, 6.45) is 0. The van der Waals surface area contributed by atoms with Crippen LogP contribution in [-0.2, 0) is 0 Å².